The Morgan fingerprint density at radius 3 is 2.58 bits per heavy atom. The molecule has 2 aromatic rings. The predicted octanol–water partition coefficient (Wildman–Crippen LogP) is 4.68. The van der Waals surface area contributed by atoms with Gasteiger partial charge in [0.15, 0.2) is 0 Å². The van der Waals surface area contributed by atoms with Crippen LogP contribution in [0.4, 0.5) is 5.69 Å². The van der Waals surface area contributed by atoms with E-state index in [2.05, 4.69) is 47.8 Å². The maximum Gasteiger partial charge on any atom is 0.253 e. The molecule has 3 aliphatic rings. The molecule has 2 bridgehead atoms. The van der Waals surface area contributed by atoms with Crippen molar-refractivity contribution in [3.8, 4) is 0 Å². The van der Waals surface area contributed by atoms with E-state index in [9.17, 15) is 4.79 Å². The van der Waals surface area contributed by atoms with Gasteiger partial charge < -0.3 is 10.2 Å². The molecule has 1 N–H and O–H groups in total. The topological polar surface area (TPSA) is 32.3 Å². The zero-order chi connectivity index (χ0) is 17.8. The number of nitrogens with zero attached hydrogens (tertiary/aromatic N) is 1. The molecule has 26 heavy (non-hydrogen) atoms. The van der Waals surface area contributed by atoms with Gasteiger partial charge in [-0.25, -0.2) is 0 Å². The molecule has 5 rings (SSSR count). The van der Waals surface area contributed by atoms with E-state index in [-0.39, 0.29) is 5.91 Å². The Hall–Kier alpha value is -2.29. The van der Waals surface area contributed by atoms with Crippen LogP contribution in [0.2, 0.25) is 0 Å². The second-order valence-corrected chi connectivity index (χ2v) is 8.47. The average Bonchev–Trinajstić information content (AvgIpc) is 3.29. The Bertz CT molecular complexity index is 845. The zero-order valence-electron chi connectivity index (χ0n) is 15.5. The second kappa shape index (κ2) is 5.87. The molecule has 1 amide bonds. The minimum absolute atomic E-state index is 0.0951. The summed E-state index contributed by atoms with van der Waals surface area (Å²) in [4.78, 5) is 14.1. The number of nitrogens with one attached hydrogen (secondary N) is 1. The Kier molecular flexibility index (Phi) is 3.59. The van der Waals surface area contributed by atoms with Crippen molar-refractivity contribution in [2.75, 3.05) is 19.4 Å². The molecular weight excluding hydrogens is 320 g/mol. The Labute approximate surface area is 155 Å². The Morgan fingerprint density at radius 1 is 1.04 bits per heavy atom. The highest BCUT2D eigenvalue weighted by Gasteiger charge is 2.53. The molecule has 134 valence electrons. The minimum atomic E-state index is 0.0951. The van der Waals surface area contributed by atoms with Gasteiger partial charge in [0.1, 0.15) is 0 Å². The van der Waals surface area contributed by atoms with E-state index in [1.54, 1.807) is 4.90 Å². The van der Waals surface area contributed by atoms with Crippen molar-refractivity contribution < 1.29 is 4.79 Å². The normalized spacial score (nSPS) is 31.1. The first-order valence-electron chi connectivity index (χ1n) is 9.80. The fourth-order valence-electron chi connectivity index (χ4n) is 5.87. The van der Waals surface area contributed by atoms with Crippen molar-refractivity contribution >= 4 is 11.6 Å². The van der Waals surface area contributed by atoms with Crippen LogP contribution in [0, 0.1) is 17.8 Å². The lowest BCUT2D eigenvalue weighted by molar-refractivity contribution is 0.0827. The van der Waals surface area contributed by atoms with Crippen LogP contribution in [0.1, 0.15) is 52.7 Å². The summed E-state index contributed by atoms with van der Waals surface area (Å²) in [7, 11) is 3.65. The molecule has 1 aliphatic heterocycles. The first-order chi connectivity index (χ1) is 12.6. The van der Waals surface area contributed by atoms with Crippen molar-refractivity contribution in [1.82, 2.24) is 4.90 Å². The molecule has 2 aromatic carbocycles. The highest BCUT2D eigenvalue weighted by molar-refractivity contribution is 5.94. The van der Waals surface area contributed by atoms with Crippen LogP contribution in [-0.4, -0.2) is 24.9 Å². The van der Waals surface area contributed by atoms with Crippen LogP contribution in [0.25, 0.3) is 0 Å². The van der Waals surface area contributed by atoms with Crippen LogP contribution in [0.3, 0.4) is 0 Å². The van der Waals surface area contributed by atoms with Gasteiger partial charge in [-0.05, 0) is 72.3 Å². The van der Waals surface area contributed by atoms with E-state index in [1.165, 1.54) is 36.1 Å². The minimum Gasteiger partial charge on any atom is -0.378 e. The van der Waals surface area contributed by atoms with Gasteiger partial charge in [0.2, 0.25) is 0 Å². The SMILES string of the molecule is CN(C)C(=O)c1ccc2c(c1)[C@H]1[C@@H]3CC[C@H](C3)[C@@H]1[C@H](c1ccccc1)N2. The largest absolute Gasteiger partial charge is 0.378 e. The van der Waals surface area contributed by atoms with Gasteiger partial charge in [0, 0.05) is 25.3 Å². The van der Waals surface area contributed by atoms with Gasteiger partial charge >= 0.3 is 0 Å². The van der Waals surface area contributed by atoms with Crippen molar-refractivity contribution in [1.29, 1.82) is 0 Å². The summed E-state index contributed by atoms with van der Waals surface area (Å²) in [5.74, 6) is 2.92. The molecule has 2 saturated carbocycles. The number of hydrogen-bond donors (Lipinski definition) is 1. The van der Waals surface area contributed by atoms with Crippen LogP contribution in [0.15, 0.2) is 48.5 Å². The molecule has 5 atom stereocenters. The van der Waals surface area contributed by atoms with E-state index < -0.39 is 0 Å². The van der Waals surface area contributed by atoms with Gasteiger partial charge in [-0.15, -0.1) is 0 Å². The number of carbonyl (C=O) groups is 1. The predicted molar refractivity (Wildman–Crippen MR) is 104 cm³/mol. The number of rotatable bonds is 2. The first kappa shape index (κ1) is 15.9. The molecule has 3 heteroatoms. The number of hydrogen-bond acceptors (Lipinski definition) is 2. The summed E-state index contributed by atoms with van der Waals surface area (Å²) >= 11 is 0. The summed E-state index contributed by atoms with van der Waals surface area (Å²) in [6, 6.07) is 17.6. The van der Waals surface area contributed by atoms with E-state index >= 15 is 0 Å². The maximum atomic E-state index is 12.5. The molecular formula is C23H26N2O. The monoisotopic (exact) mass is 346 g/mol. The number of amides is 1. The second-order valence-electron chi connectivity index (χ2n) is 8.47. The number of benzene rings is 2. The molecule has 2 aliphatic carbocycles. The van der Waals surface area contributed by atoms with Gasteiger partial charge in [-0.3, -0.25) is 4.79 Å². The van der Waals surface area contributed by atoms with Crippen molar-refractivity contribution in [2.24, 2.45) is 17.8 Å². The highest BCUT2D eigenvalue weighted by atomic mass is 16.2. The summed E-state index contributed by atoms with van der Waals surface area (Å²) in [6.45, 7) is 0. The Morgan fingerprint density at radius 2 is 1.81 bits per heavy atom. The van der Waals surface area contributed by atoms with Gasteiger partial charge in [0.05, 0.1) is 6.04 Å². The van der Waals surface area contributed by atoms with Crippen molar-refractivity contribution in [3.63, 3.8) is 0 Å². The summed E-state index contributed by atoms with van der Waals surface area (Å²) in [6.07, 6.45) is 4.06. The van der Waals surface area contributed by atoms with Gasteiger partial charge in [0.25, 0.3) is 5.91 Å². The van der Waals surface area contributed by atoms with Crippen molar-refractivity contribution in [3.05, 3.63) is 65.2 Å². The number of carbonyl (C=O) groups excluding carboxylic acids is 1. The Balaban J connectivity index is 1.60. The zero-order valence-corrected chi connectivity index (χ0v) is 15.5. The number of fused-ring (bicyclic) bond motifs is 7. The molecule has 2 fully saturated rings. The molecule has 0 spiro atoms. The quantitative estimate of drug-likeness (QED) is 0.856. The first-order valence-corrected chi connectivity index (χ1v) is 9.80. The molecule has 0 radical (unpaired) electrons. The van der Waals surface area contributed by atoms with E-state index in [1.807, 2.05) is 20.2 Å². The fraction of sp³-hybridized carbons (Fsp3) is 0.435. The lowest BCUT2D eigenvalue weighted by Gasteiger charge is -2.43. The molecule has 0 saturated heterocycles. The molecule has 0 aromatic heterocycles. The smallest absolute Gasteiger partial charge is 0.253 e. The standard InChI is InChI=1S/C23H26N2O/c1-25(2)23(26)17-10-11-19-18(13-17)20-15-8-9-16(12-15)21(20)22(24-19)14-6-4-3-5-7-14/h3-7,10-11,13,15-16,20-22,24H,8-9,12H2,1-2H3/t15-,16-,20-,21+,22+/m1/s1. The summed E-state index contributed by atoms with van der Waals surface area (Å²) in [5.41, 5.74) is 4.81. The third-order valence-corrected chi connectivity index (χ3v) is 6.90. The van der Waals surface area contributed by atoms with Gasteiger partial charge in [-0.1, -0.05) is 30.3 Å². The average molecular weight is 346 g/mol. The third kappa shape index (κ3) is 2.29. The lowest BCUT2D eigenvalue weighted by Crippen LogP contribution is -2.35. The summed E-state index contributed by atoms with van der Waals surface area (Å²) in [5, 5.41) is 3.84. The van der Waals surface area contributed by atoms with Crippen LogP contribution in [-0.2, 0) is 0 Å². The maximum absolute atomic E-state index is 12.5. The van der Waals surface area contributed by atoms with Crippen LogP contribution >= 0.6 is 0 Å². The van der Waals surface area contributed by atoms with E-state index in [4.69, 9.17) is 0 Å². The molecule has 0 unspecified atom stereocenters. The molecule has 3 nitrogen and oxygen atoms in total. The van der Waals surface area contributed by atoms with Crippen LogP contribution in [0.5, 0.6) is 0 Å². The van der Waals surface area contributed by atoms with Crippen molar-refractivity contribution in [2.45, 2.75) is 31.2 Å². The molecule has 1 heterocycles. The van der Waals surface area contributed by atoms with E-state index in [0.29, 0.717) is 17.9 Å². The highest BCUT2D eigenvalue weighted by Crippen LogP contribution is 2.63. The third-order valence-electron chi connectivity index (χ3n) is 6.90. The van der Waals surface area contributed by atoms with Crippen LogP contribution < -0.4 is 5.32 Å². The fourth-order valence-corrected chi connectivity index (χ4v) is 5.87. The van der Waals surface area contributed by atoms with E-state index in [0.717, 1.165) is 17.4 Å². The summed E-state index contributed by atoms with van der Waals surface area (Å²) < 4.78 is 0. The van der Waals surface area contributed by atoms with Gasteiger partial charge in [-0.2, -0.15) is 0 Å². The lowest BCUT2D eigenvalue weighted by atomic mass is 9.68. The number of anilines is 1.